The molecular formula is C14H13BrO2S. The molecule has 1 heterocycles. The molecule has 2 nitrogen and oxygen atoms in total. The number of aryl methyl sites for hydroxylation is 1. The molecule has 0 spiro atoms. The molecule has 0 atom stereocenters. The van der Waals surface area contributed by atoms with Crippen molar-refractivity contribution in [3.05, 3.63) is 50.1 Å². The van der Waals surface area contributed by atoms with Crippen molar-refractivity contribution < 1.29 is 9.53 Å². The average Bonchev–Trinajstić information content (AvgIpc) is 2.70. The first-order chi connectivity index (χ1) is 8.61. The van der Waals surface area contributed by atoms with Crippen molar-refractivity contribution in [1.29, 1.82) is 0 Å². The molecule has 1 aromatic carbocycles. The van der Waals surface area contributed by atoms with Gasteiger partial charge in [0.05, 0.1) is 15.3 Å². The van der Waals surface area contributed by atoms with Gasteiger partial charge in [-0.15, -0.1) is 11.3 Å². The Bertz CT molecular complexity index is 538. The topological polar surface area (TPSA) is 26.3 Å². The highest BCUT2D eigenvalue weighted by Crippen LogP contribution is 2.29. The monoisotopic (exact) mass is 324 g/mol. The summed E-state index contributed by atoms with van der Waals surface area (Å²) in [7, 11) is 0. The standard InChI is InChI=1S/C14H13BrO2S/c1-3-17-11-6-4-10(5-7-11)13(16)12-8-9(2)14(15)18-12/h4-8H,3H2,1-2H3. The van der Waals surface area contributed by atoms with Gasteiger partial charge in [0.1, 0.15) is 5.75 Å². The van der Waals surface area contributed by atoms with Gasteiger partial charge in [-0.1, -0.05) is 0 Å². The van der Waals surface area contributed by atoms with Crippen LogP contribution in [0.3, 0.4) is 0 Å². The van der Waals surface area contributed by atoms with Crippen LogP contribution in [0.2, 0.25) is 0 Å². The summed E-state index contributed by atoms with van der Waals surface area (Å²) in [6.07, 6.45) is 0. The zero-order valence-corrected chi connectivity index (χ0v) is 12.6. The maximum atomic E-state index is 12.2. The molecule has 0 saturated heterocycles. The van der Waals surface area contributed by atoms with Gasteiger partial charge in [0.2, 0.25) is 5.78 Å². The molecule has 0 amide bonds. The second kappa shape index (κ2) is 5.67. The highest BCUT2D eigenvalue weighted by atomic mass is 79.9. The van der Waals surface area contributed by atoms with Crippen molar-refractivity contribution in [2.24, 2.45) is 0 Å². The van der Waals surface area contributed by atoms with Crippen molar-refractivity contribution in [2.45, 2.75) is 13.8 Å². The Morgan fingerprint density at radius 1 is 1.33 bits per heavy atom. The smallest absolute Gasteiger partial charge is 0.202 e. The lowest BCUT2D eigenvalue weighted by atomic mass is 10.1. The molecule has 0 aliphatic rings. The number of ether oxygens (including phenoxy) is 1. The van der Waals surface area contributed by atoms with Gasteiger partial charge in [0.15, 0.2) is 0 Å². The van der Waals surface area contributed by atoms with Crippen LogP contribution in [-0.2, 0) is 0 Å². The van der Waals surface area contributed by atoms with E-state index in [-0.39, 0.29) is 5.78 Å². The molecule has 94 valence electrons. The fourth-order valence-electron chi connectivity index (χ4n) is 1.58. The van der Waals surface area contributed by atoms with Crippen LogP contribution in [0.25, 0.3) is 0 Å². The average molecular weight is 325 g/mol. The number of ketones is 1. The van der Waals surface area contributed by atoms with Crippen LogP contribution in [0.5, 0.6) is 5.75 Å². The molecule has 0 radical (unpaired) electrons. The summed E-state index contributed by atoms with van der Waals surface area (Å²) in [5.41, 5.74) is 1.78. The van der Waals surface area contributed by atoms with Gasteiger partial charge < -0.3 is 4.74 Å². The Morgan fingerprint density at radius 3 is 2.50 bits per heavy atom. The van der Waals surface area contributed by atoms with E-state index in [1.165, 1.54) is 11.3 Å². The van der Waals surface area contributed by atoms with Gasteiger partial charge >= 0.3 is 0 Å². The third-order valence-corrected chi connectivity index (χ3v) is 4.64. The van der Waals surface area contributed by atoms with Crippen molar-refractivity contribution in [2.75, 3.05) is 6.61 Å². The van der Waals surface area contributed by atoms with E-state index in [1.807, 2.05) is 32.0 Å². The number of hydrogen-bond acceptors (Lipinski definition) is 3. The minimum absolute atomic E-state index is 0.0526. The summed E-state index contributed by atoms with van der Waals surface area (Å²) < 4.78 is 6.36. The number of rotatable bonds is 4. The van der Waals surface area contributed by atoms with Gasteiger partial charge in [-0.3, -0.25) is 4.79 Å². The Kier molecular flexibility index (Phi) is 4.19. The second-order valence-electron chi connectivity index (χ2n) is 3.85. The van der Waals surface area contributed by atoms with Crippen LogP contribution in [0.1, 0.15) is 27.7 Å². The maximum absolute atomic E-state index is 12.2. The first-order valence-electron chi connectivity index (χ1n) is 5.65. The fourth-order valence-corrected chi connectivity index (χ4v) is 3.08. The van der Waals surface area contributed by atoms with Crippen molar-refractivity contribution in [3.8, 4) is 5.75 Å². The lowest BCUT2D eigenvalue weighted by Gasteiger charge is -2.03. The third kappa shape index (κ3) is 2.82. The summed E-state index contributed by atoms with van der Waals surface area (Å²) in [4.78, 5) is 13.0. The molecule has 1 aromatic heterocycles. The Labute approximate surface area is 119 Å². The Hall–Kier alpha value is -1.13. The summed E-state index contributed by atoms with van der Waals surface area (Å²) in [6, 6.07) is 9.17. The van der Waals surface area contributed by atoms with E-state index in [9.17, 15) is 4.79 Å². The molecule has 0 fully saturated rings. The molecule has 18 heavy (non-hydrogen) atoms. The van der Waals surface area contributed by atoms with Crippen LogP contribution in [0.15, 0.2) is 34.1 Å². The number of thiophene rings is 1. The quantitative estimate of drug-likeness (QED) is 0.777. The van der Waals surface area contributed by atoms with Gasteiger partial charge in [-0.25, -0.2) is 0 Å². The van der Waals surface area contributed by atoms with Crippen molar-refractivity contribution in [3.63, 3.8) is 0 Å². The van der Waals surface area contributed by atoms with Gasteiger partial charge in [0, 0.05) is 5.56 Å². The lowest BCUT2D eigenvalue weighted by molar-refractivity contribution is 0.104. The second-order valence-corrected chi connectivity index (χ2v) is 6.22. The first-order valence-corrected chi connectivity index (χ1v) is 7.26. The normalized spacial score (nSPS) is 10.4. The maximum Gasteiger partial charge on any atom is 0.202 e. The molecule has 0 aliphatic heterocycles. The Balaban J connectivity index is 2.23. The van der Waals surface area contributed by atoms with E-state index >= 15 is 0 Å². The predicted octanol–water partition coefficient (Wildman–Crippen LogP) is 4.45. The molecule has 0 N–H and O–H groups in total. The largest absolute Gasteiger partial charge is 0.494 e. The van der Waals surface area contributed by atoms with E-state index in [0.29, 0.717) is 12.2 Å². The highest BCUT2D eigenvalue weighted by molar-refractivity contribution is 9.11. The lowest BCUT2D eigenvalue weighted by Crippen LogP contribution is -1.99. The zero-order valence-electron chi connectivity index (χ0n) is 10.2. The number of carbonyl (C=O) groups is 1. The van der Waals surface area contributed by atoms with E-state index < -0.39 is 0 Å². The predicted molar refractivity (Wildman–Crippen MR) is 77.8 cm³/mol. The molecule has 2 rings (SSSR count). The van der Waals surface area contributed by atoms with Gasteiger partial charge in [-0.2, -0.15) is 0 Å². The summed E-state index contributed by atoms with van der Waals surface area (Å²) in [5, 5.41) is 0. The highest BCUT2D eigenvalue weighted by Gasteiger charge is 2.13. The number of hydrogen-bond donors (Lipinski definition) is 0. The Morgan fingerprint density at radius 2 is 2.00 bits per heavy atom. The van der Waals surface area contributed by atoms with Crippen LogP contribution < -0.4 is 4.74 Å². The van der Waals surface area contributed by atoms with Crippen LogP contribution in [0.4, 0.5) is 0 Å². The van der Waals surface area contributed by atoms with Gasteiger partial charge in [0.25, 0.3) is 0 Å². The molecule has 0 unspecified atom stereocenters. The van der Waals surface area contributed by atoms with Gasteiger partial charge in [-0.05, 0) is 65.7 Å². The third-order valence-electron chi connectivity index (χ3n) is 2.51. The minimum atomic E-state index is 0.0526. The number of carbonyl (C=O) groups excluding carboxylic acids is 1. The molecule has 0 saturated carbocycles. The summed E-state index contributed by atoms with van der Waals surface area (Å²) >= 11 is 4.90. The SMILES string of the molecule is CCOc1ccc(C(=O)c2cc(C)c(Br)s2)cc1. The molecule has 2 aromatic rings. The van der Waals surface area contributed by atoms with E-state index in [1.54, 1.807) is 12.1 Å². The minimum Gasteiger partial charge on any atom is -0.494 e. The first kappa shape index (κ1) is 13.3. The fraction of sp³-hybridized carbons (Fsp3) is 0.214. The molecule has 4 heteroatoms. The van der Waals surface area contributed by atoms with E-state index in [0.717, 1.165) is 20.0 Å². The van der Waals surface area contributed by atoms with Crippen LogP contribution >= 0.6 is 27.3 Å². The van der Waals surface area contributed by atoms with Crippen LogP contribution in [0, 0.1) is 6.92 Å². The zero-order chi connectivity index (χ0) is 13.1. The summed E-state index contributed by atoms with van der Waals surface area (Å²) in [6.45, 7) is 4.55. The van der Waals surface area contributed by atoms with E-state index in [2.05, 4.69) is 15.9 Å². The van der Waals surface area contributed by atoms with Crippen molar-refractivity contribution in [1.82, 2.24) is 0 Å². The molecule has 0 bridgehead atoms. The number of halogens is 1. The van der Waals surface area contributed by atoms with E-state index in [4.69, 9.17) is 4.74 Å². The molecular weight excluding hydrogens is 312 g/mol. The summed E-state index contributed by atoms with van der Waals surface area (Å²) in [5.74, 6) is 0.842. The molecule has 0 aliphatic carbocycles. The van der Waals surface area contributed by atoms with Crippen LogP contribution in [-0.4, -0.2) is 12.4 Å². The number of benzene rings is 1. The van der Waals surface area contributed by atoms with Crippen molar-refractivity contribution >= 4 is 33.0 Å².